The van der Waals surface area contributed by atoms with Crippen LogP contribution in [-0.2, 0) is 9.53 Å². The van der Waals surface area contributed by atoms with E-state index in [1.165, 1.54) is 0 Å². The zero-order chi connectivity index (χ0) is 7.28. The first kappa shape index (κ1) is 12.9. The van der Waals surface area contributed by atoms with Crippen molar-refractivity contribution in [1.82, 2.24) is 0 Å². The normalized spacial score (nSPS) is 6.80. The van der Waals surface area contributed by atoms with Crippen molar-refractivity contribution in [3.63, 3.8) is 0 Å². The number of carbonyl (C=O) groups is 1. The first-order valence-corrected chi connectivity index (χ1v) is 2.11. The molecule has 50 valence electrons. The van der Waals surface area contributed by atoms with Crippen molar-refractivity contribution in [3.8, 4) is 6.26 Å². The molecule has 1 N–H and O–H groups in total. The molecule has 0 rings (SSSR count). The summed E-state index contributed by atoms with van der Waals surface area (Å²) in [5, 5.41) is 16.0. The third kappa shape index (κ3) is 5.11. The molecule has 0 fully saturated rings. The van der Waals surface area contributed by atoms with Crippen LogP contribution in [0.2, 0.25) is 0 Å². The fraction of sp³-hybridized carbons (Fsp3) is 0.200. The average molecular weight is 167 g/mol. The molecule has 5 heteroatoms. The molecule has 0 saturated carbocycles. The molecule has 4 nitrogen and oxygen atoms in total. The molecule has 0 aromatic carbocycles. The molecule has 0 bridgehead atoms. The SMILES string of the molecule is C=C(CO)C(=O)OC#N.[KH]. The monoisotopic (exact) mass is 167 g/mol. The minimum atomic E-state index is -0.889. The van der Waals surface area contributed by atoms with E-state index < -0.39 is 12.6 Å². The average Bonchev–Trinajstić information content (AvgIpc) is 1.87. The molecule has 0 heterocycles. The van der Waals surface area contributed by atoms with Crippen molar-refractivity contribution < 1.29 is 14.6 Å². The third-order valence-electron chi connectivity index (χ3n) is 0.618. The summed E-state index contributed by atoms with van der Waals surface area (Å²) < 4.78 is 3.80. The van der Waals surface area contributed by atoms with Crippen LogP contribution in [0.3, 0.4) is 0 Å². The predicted molar refractivity (Wildman–Crippen MR) is 35.1 cm³/mol. The van der Waals surface area contributed by atoms with E-state index in [0.29, 0.717) is 0 Å². The first-order chi connectivity index (χ1) is 4.22. The summed E-state index contributed by atoms with van der Waals surface area (Å²) in [5.74, 6) is -0.889. The van der Waals surface area contributed by atoms with Crippen LogP contribution >= 0.6 is 0 Å². The molecule has 0 aliphatic rings. The second kappa shape index (κ2) is 7.40. The van der Waals surface area contributed by atoms with Gasteiger partial charge in [0.2, 0.25) is 0 Å². The number of aliphatic hydroxyl groups is 1. The number of carbonyl (C=O) groups excluding carboxylic acids is 1. The Morgan fingerprint density at radius 2 is 2.30 bits per heavy atom. The van der Waals surface area contributed by atoms with Gasteiger partial charge >= 0.3 is 57.4 Å². The number of rotatable bonds is 2. The van der Waals surface area contributed by atoms with Crippen LogP contribution in [0.4, 0.5) is 0 Å². The van der Waals surface area contributed by atoms with Crippen LogP contribution < -0.4 is 0 Å². The fourth-order valence-electron chi connectivity index (χ4n) is 0.178. The Morgan fingerprint density at radius 3 is 2.60 bits per heavy atom. The van der Waals surface area contributed by atoms with Crippen LogP contribution in [-0.4, -0.2) is 69.1 Å². The molecule has 0 radical (unpaired) electrons. The molecule has 0 unspecified atom stereocenters. The molecule has 0 amide bonds. The summed E-state index contributed by atoms with van der Waals surface area (Å²) in [6.45, 7) is 2.63. The van der Waals surface area contributed by atoms with Gasteiger partial charge in [-0.2, -0.15) is 0 Å². The molecular formula is C5H6KNO3. The molecule has 0 saturated heterocycles. The number of hydrogen-bond donors (Lipinski definition) is 1. The molecule has 0 spiro atoms. The van der Waals surface area contributed by atoms with Crippen LogP contribution in [0.1, 0.15) is 0 Å². The molecule has 0 atom stereocenters. The Hall–Kier alpha value is 0.296. The summed E-state index contributed by atoms with van der Waals surface area (Å²) in [6.07, 6.45) is 1.16. The molecule has 0 aromatic heterocycles. The van der Waals surface area contributed by atoms with Crippen molar-refractivity contribution in [3.05, 3.63) is 12.2 Å². The standard InChI is InChI=1S/C5H5NO3.K.H/c1-4(2-7)5(8)9-3-6;;/h7H,1-2H2;;. The van der Waals surface area contributed by atoms with Gasteiger partial charge in [-0.25, -0.2) is 4.79 Å². The number of hydrogen-bond acceptors (Lipinski definition) is 4. The van der Waals surface area contributed by atoms with Crippen molar-refractivity contribution in [1.29, 1.82) is 5.26 Å². The van der Waals surface area contributed by atoms with E-state index in [4.69, 9.17) is 10.4 Å². The summed E-state index contributed by atoms with van der Waals surface area (Å²) in [5.41, 5.74) is -0.128. The number of ether oxygens (including phenoxy) is 1. The maximum atomic E-state index is 10.3. The quantitative estimate of drug-likeness (QED) is 0.245. The van der Waals surface area contributed by atoms with E-state index in [-0.39, 0.29) is 57.0 Å². The maximum absolute atomic E-state index is 10.3. The van der Waals surface area contributed by atoms with Crippen LogP contribution in [0.15, 0.2) is 12.2 Å². The van der Waals surface area contributed by atoms with Gasteiger partial charge in [0.1, 0.15) is 0 Å². The van der Waals surface area contributed by atoms with Gasteiger partial charge in [0, 0.05) is 0 Å². The van der Waals surface area contributed by atoms with Crippen molar-refractivity contribution in [2.75, 3.05) is 6.61 Å². The number of nitriles is 1. The van der Waals surface area contributed by atoms with Crippen molar-refractivity contribution in [2.24, 2.45) is 0 Å². The molecule has 0 aliphatic carbocycles. The fourth-order valence-corrected chi connectivity index (χ4v) is 0.178. The Morgan fingerprint density at radius 1 is 1.80 bits per heavy atom. The van der Waals surface area contributed by atoms with E-state index >= 15 is 0 Å². The summed E-state index contributed by atoms with van der Waals surface area (Å²) in [7, 11) is 0. The van der Waals surface area contributed by atoms with Crippen LogP contribution in [0.25, 0.3) is 0 Å². The third-order valence-corrected chi connectivity index (χ3v) is 0.618. The molecule has 10 heavy (non-hydrogen) atoms. The zero-order valence-corrected chi connectivity index (χ0v) is 4.63. The van der Waals surface area contributed by atoms with E-state index in [1.54, 1.807) is 0 Å². The van der Waals surface area contributed by atoms with E-state index in [0.717, 1.165) is 6.26 Å². The van der Waals surface area contributed by atoms with Gasteiger partial charge in [-0.05, 0) is 0 Å². The number of nitrogens with zero attached hydrogens (tertiary/aromatic N) is 1. The second-order valence-electron chi connectivity index (χ2n) is 1.24. The first-order valence-electron chi connectivity index (χ1n) is 2.11. The predicted octanol–water partition coefficient (Wildman–Crippen LogP) is -1.09. The molecular weight excluding hydrogens is 161 g/mol. The van der Waals surface area contributed by atoms with E-state index in [1.807, 2.05) is 0 Å². The Kier molecular flexibility index (Phi) is 9.57. The van der Waals surface area contributed by atoms with Gasteiger partial charge in [0.05, 0.1) is 12.2 Å². The Balaban J connectivity index is 0. The van der Waals surface area contributed by atoms with Gasteiger partial charge in [0.25, 0.3) is 6.26 Å². The number of aliphatic hydroxyl groups excluding tert-OH is 1. The summed E-state index contributed by atoms with van der Waals surface area (Å²) in [4.78, 5) is 10.3. The van der Waals surface area contributed by atoms with Gasteiger partial charge in [-0.15, -0.1) is 5.26 Å². The van der Waals surface area contributed by atoms with Crippen molar-refractivity contribution in [2.45, 2.75) is 0 Å². The van der Waals surface area contributed by atoms with Gasteiger partial charge in [0.15, 0.2) is 0 Å². The molecule has 0 aromatic rings. The second-order valence-corrected chi connectivity index (χ2v) is 1.24. The van der Waals surface area contributed by atoms with Gasteiger partial charge in [-0.3, -0.25) is 0 Å². The summed E-state index contributed by atoms with van der Waals surface area (Å²) in [6, 6.07) is 0. The van der Waals surface area contributed by atoms with E-state index in [2.05, 4.69) is 11.3 Å². The van der Waals surface area contributed by atoms with E-state index in [9.17, 15) is 4.79 Å². The van der Waals surface area contributed by atoms with Crippen LogP contribution in [0, 0.1) is 11.5 Å². The van der Waals surface area contributed by atoms with Gasteiger partial charge < -0.3 is 9.84 Å². The Bertz CT molecular complexity index is 172. The van der Waals surface area contributed by atoms with Crippen molar-refractivity contribution >= 4 is 57.4 Å². The summed E-state index contributed by atoms with van der Waals surface area (Å²) >= 11 is 0. The van der Waals surface area contributed by atoms with Gasteiger partial charge in [-0.1, -0.05) is 6.58 Å². The molecule has 0 aliphatic heterocycles. The Labute approximate surface area is 101 Å². The number of esters is 1. The zero-order valence-electron chi connectivity index (χ0n) is 4.63. The topological polar surface area (TPSA) is 70.3 Å². The van der Waals surface area contributed by atoms with Crippen LogP contribution in [0.5, 0.6) is 0 Å². The minimum absolute atomic E-state index is 0.